The van der Waals surface area contributed by atoms with Crippen molar-refractivity contribution in [3.63, 3.8) is 0 Å². The van der Waals surface area contributed by atoms with E-state index in [2.05, 4.69) is 10.00 Å². The van der Waals surface area contributed by atoms with E-state index in [4.69, 9.17) is 4.74 Å². The lowest BCUT2D eigenvalue weighted by Crippen LogP contribution is -2.35. The Kier molecular flexibility index (Phi) is 4.93. The van der Waals surface area contributed by atoms with Crippen molar-refractivity contribution in [1.29, 1.82) is 0 Å². The van der Waals surface area contributed by atoms with E-state index in [9.17, 15) is 9.50 Å². The molecule has 0 spiro atoms. The van der Waals surface area contributed by atoms with Gasteiger partial charge in [-0.15, -0.1) is 0 Å². The van der Waals surface area contributed by atoms with E-state index in [1.165, 1.54) is 17.7 Å². The summed E-state index contributed by atoms with van der Waals surface area (Å²) in [6.45, 7) is 1.72. The molecule has 2 aromatic rings. The summed E-state index contributed by atoms with van der Waals surface area (Å²) >= 11 is 0. The lowest BCUT2D eigenvalue weighted by Gasteiger charge is -2.26. The summed E-state index contributed by atoms with van der Waals surface area (Å²) in [6.07, 6.45) is 5.54. The first kappa shape index (κ1) is 16.0. The average Bonchev–Trinajstić information content (AvgIpc) is 3.15. The molecule has 23 heavy (non-hydrogen) atoms. The van der Waals surface area contributed by atoms with E-state index in [-0.39, 0.29) is 12.4 Å². The van der Waals surface area contributed by atoms with E-state index < -0.39 is 6.10 Å². The lowest BCUT2D eigenvalue weighted by atomic mass is 10.1. The number of β-amino-alcohol motifs (C(OH)–C–C–N with tert-alkyl or cyclic N) is 1. The molecule has 0 aliphatic carbocycles. The molecule has 1 aliphatic heterocycles. The van der Waals surface area contributed by atoms with Gasteiger partial charge in [0.15, 0.2) is 0 Å². The first-order valence-corrected chi connectivity index (χ1v) is 7.91. The zero-order valence-corrected chi connectivity index (χ0v) is 13.2. The summed E-state index contributed by atoms with van der Waals surface area (Å²) in [7, 11) is 1.91. The molecule has 1 saturated heterocycles. The minimum atomic E-state index is -0.586. The molecule has 1 N–H and O–H groups in total. The summed E-state index contributed by atoms with van der Waals surface area (Å²) < 4.78 is 20.2. The van der Waals surface area contributed by atoms with Crippen LogP contribution in [0.3, 0.4) is 0 Å². The summed E-state index contributed by atoms with van der Waals surface area (Å²) in [5.74, 6) is 0.268. The fraction of sp³-hybridized carbons (Fsp3) is 0.471. The average molecular weight is 319 g/mol. The van der Waals surface area contributed by atoms with Crippen molar-refractivity contribution < 1.29 is 14.2 Å². The Bertz CT molecular complexity index is 629. The molecule has 2 heterocycles. The Morgan fingerprint density at radius 1 is 1.39 bits per heavy atom. The Balaban J connectivity index is 1.52. The van der Waals surface area contributed by atoms with Gasteiger partial charge in [0.05, 0.1) is 6.20 Å². The maximum absolute atomic E-state index is 12.8. The second-order valence-electron chi connectivity index (χ2n) is 6.02. The van der Waals surface area contributed by atoms with Crippen LogP contribution in [0, 0.1) is 5.82 Å². The lowest BCUT2D eigenvalue weighted by molar-refractivity contribution is 0.0638. The quantitative estimate of drug-likeness (QED) is 0.886. The molecule has 5 nitrogen and oxygen atoms in total. The maximum atomic E-state index is 12.8. The SMILES string of the molecule is Cn1cc([C@H]2CCCN2C[C@H](O)COc2ccc(F)cc2)cn1. The molecule has 0 unspecified atom stereocenters. The van der Waals surface area contributed by atoms with Gasteiger partial charge in [-0.3, -0.25) is 9.58 Å². The third-order valence-electron chi connectivity index (χ3n) is 4.17. The fourth-order valence-corrected chi connectivity index (χ4v) is 3.08. The molecule has 2 atom stereocenters. The van der Waals surface area contributed by atoms with Gasteiger partial charge in [0.25, 0.3) is 0 Å². The largest absolute Gasteiger partial charge is 0.491 e. The molecule has 1 aromatic carbocycles. The van der Waals surface area contributed by atoms with Crippen molar-refractivity contribution in [3.05, 3.63) is 48.0 Å². The molecular formula is C17H22FN3O2. The minimum absolute atomic E-state index is 0.196. The number of aromatic nitrogens is 2. The second kappa shape index (κ2) is 7.10. The van der Waals surface area contributed by atoms with E-state index in [1.54, 1.807) is 16.8 Å². The zero-order chi connectivity index (χ0) is 16.2. The number of aryl methyl sites for hydroxylation is 1. The number of likely N-dealkylation sites (tertiary alicyclic amines) is 1. The van der Waals surface area contributed by atoms with Gasteiger partial charge in [0.1, 0.15) is 24.3 Å². The van der Waals surface area contributed by atoms with Crippen molar-refractivity contribution in [2.75, 3.05) is 19.7 Å². The number of hydrogen-bond acceptors (Lipinski definition) is 4. The molecule has 6 heteroatoms. The fourth-order valence-electron chi connectivity index (χ4n) is 3.08. The molecule has 0 radical (unpaired) electrons. The smallest absolute Gasteiger partial charge is 0.123 e. The third-order valence-corrected chi connectivity index (χ3v) is 4.17. The Hall–Kier alpha value is -1.92. The second-order valence-corrected chi connectivity index (χ2v) is 6.02. The van der Waals surface area contributed by atoms with Gasteiger partial charge in [-0.05, 0) is 43.7 Å². The first-order valence-electron chi connectivity index (χ1n) is 7.91. The minimum Gasteiger partial charge on any atom is -0.491 e. The number of benzene rings is 1. The van der Waals surface area contributed by atoms with Gasteiger partial charge in [-0.2, -0.15) is 5.10 Å². The highest BCUT2D eigenvalue weighted by molar-refractivity contribution is 5.22. The van der Waals surface area contributed by atoms with Gasteiger partial charge < -0.3 is 9.84 Å². The van der Waals surface area contributed by atoms with Gasteiger partial charge in [-0.25, -0.2) is 4.39 Å². The highest BCUT2D eigenvalue weighted by atomic mass is 19.1. The number of halogens is 1. The molecule has 0 saturated carbocycles. The van der Waals surface area contributed by atoms with E-state index in [0.717, 1.165) is 19.4 Å². The molecule has 1 fully saturated rings. The van der Waals surface area contributed by atoms with E-state index in [1.807, 2.05) is 19.4 Å². The summed E-state index contributed by atoms with van der Waals surface area (Å²) in [5, 5.41) is 14.5. The standard InChI is InChI=1S/C17H22FN3O2/c1-20-10-13(9-19-20)17-3-2-8-21(17)11-15(22)12-23-16-6-4-14(18)5-7-16/h4-7,9-10,15,17,22H,2-3,8,11-12H2,1H3/t15-,17+/m0/s1. The van der Waals surface area contributed by atoms with Gasteiger partial charge in [0, 0.05) is 31.4 Å². The van der Waals surface area contributed by atoms with Crippen molar-refractivity contribution in [1.82, 2.24) is 14.7 Å². The van der Waals surface area contributed by atoms with Crippen LogP contribution in [0.5, 0.6) is 5.75 Å². The number of hydrogen-bond donors (Lipinski definition) is 1. The molecule has 3 rings (SSSR count). The van der Waals surface area contributed by atoms with Crippen LogP contribution in [-0.4, -0.2) is 45.6 Å². The van der Waals surface area contributed by atoms with Crippen LogP contribution in [0.25, 0.3) is 0 Å². The molecular weight excluding hydrogens is 297 g/mol. The van der Waals surface area contributed by atoms with Crippen molar-refractivity contribution in [2.45, 2.75) is 25.0 Å². The van der Waals surface area contributed by atoms with Gasteiger partial charge in [0.2, 0.25) is 0 Å². The normalized spacial score (nSPS) is 19.9. The van der Waals surface area contributed by atoms with Gasteiger partial charge in [-0.1, -0.05) is 0 Å². The summed E-state index contributed by atoms with van der Waals surface area (Å²) in [5.41, 5.74) is 1.19. The number of rotatable bonds is 6. The third kappa shape index (κ3) is 4.09. The molecule has 0 amide bonds. The van der Waals surface area contributed by atoms with Crippen molar-refractivity contribution in [3.8, 4) is 5.75 Å². The van der Waals surface area contributed by atoms with E-state index >= 15 is 0 Å². The van der Waals surface area contributed by atoms with Crippen LogP contribution in [0.1, 0.15) is 24.4 Å². The van der Waals surface area contributed by atoms with Crippen LogP contribution in [0.15, 0.2) is 36.7 Å². The number of aliphatic hydroxyl groups is 1. The van der Waals surface area contributed by atoms with Crippen LogP contribution in [-0.2, 0) is 7.05 Å². The monoisotopic (exact) mass is 319 g/mol. The predicted octanol–water partition coefficient (Wildman–Crippen LogP) is 2.14. The first-order chi connectivity index (χ1) is 11.1. The van der Waals surface area contributed by atoms with Crippen LogP contribution >= 0.6 is 0 Å². The van der Waals surface area contributed by atoms with Crippen molar-refractivity contribution in [2.24, 2.45) is 7.05 Å². The Labute approximate surface area is 135 Å². The summed E-state index contributed by atoms with van der Waals surface area (Å²) in [4.78, 5) is 2.27. The molecule has 124 valence electrons. The molecule has 1 aromatic heterocycles. The number of aliphatic hydroxyl groups excluding tert-OH is 1. The Morgan fingerprint density at radius 3 is 2.87 bits per heavy atom. The van der Waals surface area contributed by atoms with E-state index in [0.29, 0.717) is 18.3 Å². The van der Waals surface area contributed by atoms with Crippen molar-refractivity contribution >= 4 is 0 Å². The van der Waals surface area contributed by atoms with Gasteiger partial charge >= 0.3 is 0 Å². The Morgan fingerprint density at radius 2 is 2.17 bits per heavy atom. The van der Waals surface area contributed by atoms with Crippen LogP contribution < -0.4 is 4.74 Å². The number of ether oxygens (including phenoxy) is 1. The highest BCUT2D eigenvalue weighted by Crippen LogP contribution is 2.31. The van der Waals surface area contributed by atoms with Crippen LogP contribution in [0.2, 0.25) is 0 Å². The highest BCUT2D eigenvalue weighted by Gasteiger charge is 2.28. The summed E-state index contributed by atoms with van der Waals surface area (Å²) in [6, 6.07) is 6.14. The molecule has 1 aliphatic rings. The van der Waals surface area contributed by atoms with Crippen LogP contribution in [0.4, 0.5) is 4.39 Å². The maximum Gasteiger partial charge on any atom is 0.123 e. The zero-order valence-electron chi connectivity index (χ0n) is 13.2. The number of nitrogens with zero attached hydrogens (tertiary/aromatic N) is 3. The predicted molar refractivity (Wildman–Crippen MR) is 84.7 cm³/mol. The topological polar surface area (TPSA) is 50.5 Å². The molecule has 0 bridgehead atoms.